The molecule has 4 nitrogen and oxygen atoms in total. The maximum atomic E-state index is 13.1. The summed E-state index contributed by atoms with van der Waals surface area (Å²) in [5, 5.41) is 2.98. The van der Waals surface area contributed by atoms with E-state index in [2.05, 4.69) is 10.3 Å². The van der Waals surface area contributed by atoms with Crippen molar-refractivity contribution in [1.29, 1.82) is 0 Å². The van der Waals surface area contributed by atoms with Crippen molar-refractivity contribution in [3.8, 4) is 0 Å². The third-order valence-electron chi connectivity index (χ3n) is 3.92. The van der Waals surface area contributed by atoms with Crippen molar-refractivity contribution >= 4 is 5.91 Å². The lowest BCUT2D eigenvalue weighted by Gasteiger charge is -2.25. The van der Waals surface area contributed by atoms with Gasteiger partial charge in [0, 0.05) is 11.8 Å². The fourth-order valence-corrected chi connectivity index (χ4v) is 2.93. The van der Waals surface area contributed by atoms with Crippen LogP contribution in [0.25, 0.3) is 0 Å². The largest absolute Gasteiger partial charge is 0.349 e. The number of hydrogen-bond donors (Lipinski definition) is 2. The second-order valence-corrected chi connectivity index (χ2v) is 5.58. The lowest BCUT2D eigenvalue weighted by molar-refractivity contribution is -0.121. The van der Waals surface area contributed by atoms with Crippen LogP contribution in [0, 0.1) is 5.82 Å². The minimum atomic E-state index is -0.342. The zero-order valence-corrected chi connectivity index (χ0v) is 12.1. The Bertz CT molecular complexity index is 754. The van der Waals surface area contributed by atoms with Gasteiger partial charge in [0.15, 0.2) is 0 Å². The van der Waals surface area contributed by atoms with Crippen molar-refractivity contribution in [2.24, 2.45) is 0 Å². The topological polar surface area (TPSA) is 62.0 Å². The Hall–Kier alpha value is -2.43. The maximum absolute atomic E-state index is 13.1. The van der Waals surface area contributed by atoms with Crippen molar-refractivity contribution < 1.29 is 9.18 Å². The van der Waals surface area contributed by atoms with Crippen LogP contribution in [0.4, 0.5) is 4.39 Å². The quantitative estimate of drug-likeness (QED) is 0.913. The predicted molar refractivity (Wildman–Crippen MR) is 81.0 cm³/mol. The van der Waals surface area contributed by atoms with Gasteiger partial charge in [0.2, 0.25) is 11.5 Å². The molecular formula is C17H17FN2O2. The molecule has 1 amide bonds. The number of fused-ring (bicyclic) bond motifs is 1. The molecule has 3 rings (SSSR count). The summed E-state index contributed by atoms with van der Waals surface area (Å²) in [5.41, 5.74) is 2.40. The van der Waals surface area contributed by atoms with Gasteiger partial charge >= 0.3 is 0 Å². The fourth-order valence-electron chi connectivity index (χ4n) is 2.93. The summed E-state index contributed by atoms with van der Waals surface area (Å²) in [6.45, 7) is 0. The van der Waals surface area contributed by atoms with Gasteiger partial charge in [-0.25, -0.2) is 4.39 Å². The lowest BCUT2D eigenvalue weighted by atomic mass is 9.91. The van der Waals surface area contributed by atoms with Gasteiger partial charge in [0.05, 0.1) is 12.5 Å². The summed E-state index contributed by atoms with van der Waals surface area (Å²) < 4.78 is 13.1. The van der Waals surface area contributed by atoms with Crippen molar-refractivity contribution in [3.63, 3.8) is 0 Å². The van der Waals surface area contributed by atoms with Crippen LogP contribution >= 0.6 is 0 Å². The maximum Gasteiger partial charge on any atom is 0.248 e. The van der Waals surface area contributed by atoms with Gasteiger partial charge in [-0.3, -0.25) is 9.59 Å². The second kappa shape index (κ2) is 6.13. The van der Waals surface area contributed by atoms with Crippen molar-refractivity contribution in [1.82, 2.24) is 10.3 Å². The zero-order chi connectivity index (χ0) is 15.5. The average molecular weight is 300 g/mol. The Morgan fingerprint density at radius 2 is 2.18 bits per heavy atom. The molecule has 22 heavy (non-hydrogen) atoms. The standard InChI is InChI=1S/C17H17FN2O2/c18-12-4-1-3-11(9-12)10-17(22)20-15-6-2-5-14-13(15)7-8-16(21)19-14/h1,3-4,7-9,15H,2,5-6,10H2,(H,19,21)(H,20,22)/t15-/m1/s1. The van der Waals surface area contributed by atoms with Crippen LogP contribution in [0.5, 0.6) is 0 Å². The van der Waals surface area contributed by atoms with E-state index >= 15 is 0 Å². The van der Waals surface area contributed by atoms with E-state index in [9.17, 15) is 14.0 Å². The van der Waals surface area contributed by atoms with Gasteiger partial charge in [-0.05, 0) is 48.6 Å². The highest BCUT2D eigenvalue weighted by Gasteiger charge is 2.22. The first kappa shape index (κ1) is 14.5. The Kier molecular flexibility index (Phi) is 4.04. The van der Waals surface area contributed by atoms with Gasteiger partial charge < -0.3 is 10.3 Å². The Labute approximate surface area is 127 Å². The molecule has 1 aromatic heterocycles. The number of nitrogens with one attached hydrogen (secondary N) is 2. The molecule has 1 atom stereocenters. The smallest absolute Gasteiger partial charge is 0.248 e. The molecule has 1 aromatic carbocycles. The molecule has 0 saturated carbocycles. The number of carbonyl (C=O) groups excluding carboxylic acids is 1. The first-order valence-corrected chi connectivity index (χ1v) is 7.38. The van der Waals surface area contributed by atoms with E-state index in [0.29, 0.717) is 5.56 Å². The van der Waals surface area contributed by atoms with Crippen LogP contribution in [-0.4, -0.2) is 10.9 Å². The summed E-state index contributed by atoms with van der Waals surface area (Å²) in [6.07, 6.45) is 2.72. The summed E-state index contributed by atoms with van der Waals surface area (Å²) in [7, 11) is 0. The van der Waals surface area contributed by atoms with E-state index in [1.54, 1.807) is 18.2 Å². The molecule has 5 heteroatoms. The fraction of sp³-hybridized carbons (Fsp3) is 0.294. The van der Waals surface area contributed by atoms with Crippen molar-refractivity contribution in [2.45, 2.75) is 31.7 Å². The minimum absolute atomic E-state index is 0.0957. The molecule has 0 spiro atoms. The van der Waals surface area contributed by atoms with E-state index < -0.39 is 0 Å². The number of halogens is 1. The summed E-state index contributed by atoms with van der Waals surface area (Å²) >= 11 is 0. The number of aromatic nitrogens is 1. The monoisotopic (exact) mass is 300 g/mol. The van der Waals surface area contributed by atoms with Crippen LogP contribution in [0.1, 0.15) is 35.7 Å². The predicted octanol–water partition coefficient (Wildman–Crippen LogP) is 2.25. The van der Waals surface area contributed by atoms with Crippen LogP contribution in [-0.2, 0) is 17.6 Å². The number of aromatic amines is 1. The molecule has 1 aliphatic rings. The van der Waals surface area contributed by atoms with Crippen LogP contribution in [0.2, 0.25) is 0 Å². The van der Waals surface area contributed by atoms with Gasteiger partial charge in [0.25, 0.3) is 0 Å². The number of rotatable bonds is 3. The third kappa shape index (κ3) is 3.24. The van der Waals surface area contributed by atoms with Crippen LogP contribution < -0.4 is 10.9 Å². The Morgan fingerprint density at radius 3 is 3.00 bits per heavy atom. The van der Waals surface area contributed by atoms with E-state index in [4.69, 9.17) is 0 Å². The molecule has 0 unspecified atom stereocenters. The molecule has 2 aromatic rings. The minimum Gasteiger partial charge on any atom is -0.349 e. The highest BCUT2D eigenvalue weighted by Crippen LogP contribution is 2.27. The van der Waals surface area contributed by atoms with Gasteiger partial charge in [-0.1, -0.05) is 12.1 Å². The van der Waals surface area contributed by atoms with Gasteiger partial charge in [0.1, 0.15) is 5.82 Å². The second-order valence-electron chi connectivity index (χ2n) is 5.58. The van der Waals surface area contributed by atoms with Gasteiger partial charge in [-0.2, -0.15) is 0 Å². The number of hydrogen-bond acceptors (Lipinski definition) is 2. The molecule has 0 aliphatic heterocycles. The first-order valence-electron chi connectivity index (χ1n) is 7.38. The highest BCUT2D eigenvalue weighted by atomic mass is 19.1. The average Bonchev–Trinajstić information content (AvgIpc) is 2.47. The molecule has 2 N–H and O–H groups in total. The Morgan fingerprint density at radius 1 is 1.32 bits per heavy atom. The van der Waals surface area contributed by atoms with Crippen LogP contribution in [0.15, 0.2) is 41.2 Å². The first-order chi connectivity index (χ1) is 10.6. The molecule has 0 radical (unpaired) electrons. The normalized spacial score (nSPS) is 16.9. The number of carbonyl (C=O) groups is 1. The number of pyridine rings is 1. The van der Waals surface area contributed by atoms with Crippen molar-refractivity contribution in [3.05, 3.63) is 69.4 Å². The molecule has 114 valence electrons. The number of H-pyrrole nitrogens is 1. The van der Waals surface area contributed by atoms with Crippen LogP contribution in [0.3, 0.4) is 0 Å². The lowest BCUT2D eigenvalue weighted by Crippen LogP contribution is -2.33. The summed E-state index contributed by atoms with van der Waals surface area (Å²) in [4.78, 5) is 26.4. The van der Waals surface area contributed by atoms with E-state index in [0.717, 1.165) is 30.5 Å². The molecule has 0 saturated heterocycles. The van der Waals surface area contributed by atoms with Crippen molar-refractivity contribution in [2.75, 3.05) is 0 Å². The molecule has 0 bridgehead atoms. The van der Waals surface area contributed by atoms with Gasteiger partial charge in [-0.15, -0.1) is 0 Å². The number of amides is 1. The van der Waals surface area contributed by atoms with E-state index in [1.165, 1.54) is 18.2 Å². The van der Waals surface area contributed by atoms with E-state index in [1.807, 2.05) is 0 Å². The summed E-state index contributed by atoms with van der Waals surface area (Å²) in [6, 6.07) is 9.21. The third-order valence-corrected chi connectivity index (χ3v) is 3.92. The molecule has 0 fully saturated rings. The van der Waals surface area contributed by atoms with E-state index in [-0.39, 0.29) is 29.7 Å². The molecule has 1 heterocycles. The number of benzene rings is 1. The molecule has 1 aliphatic carbocycles. The SMILES string of the molecule is O=C(Cc1cccc(F)c1)N[C@@H]1CCCc2[nH]c(=O)ccc21. The Balaban J connectivity index is 1.71. The zero-order valence-electron chi connectivity index (χ0n) is 12.1. The molecular weight excluding hydrogens is 283 g/mol. The summed E-state index contributed by atoms with van der Waals surface area (Å²) in [5.74, 6) is -0.486. The number of aryl methyl sites for hydroxylation is 1. The highest BCUT2D eigenvalue weighted by molar-refractivity contribution is 5.79.